The number of para-hydroxylation sites is 1. The molecular formula is C24H28N2O5S. The number of aromatic amines is 1. The molecule has 1 aromatic heterocycles. The number of rotatable bonds is 4. The summed E-state index contributed by atoms with van der Waals surface area (Å²) in [5.74, 6) is 0.604. The number of benzene rings is 2. The van der Waals surface area contributed by atoms with Crippen LogP contribution in [-0.2, 0) is 14.6 Å². The molecule has 7 nitrogen and oxygen atoms in total. The number of likely N-dealkylation sites (tertiary alicyclic amines) is 1. The Kier molecular flexibility index (Phi) is 5.90. The van der Waals surface area contributed by atoms with Crippen LogP contribution in [0.1, 0.15) is 33.6 Å². The molecule has 0 radical (unpaired) electrons. The number of hydrogen-bond donors (Lipinski definition) is 1. The molecule has 0 spiro atoms. The lowest BCUT2D eigenvalue weighted by atomic mass is 10.1. The number of nitrogens with zero attached hydrogens (tertiary/aromatic N) is 1. The van der Waals surface area contributed by atoms with E-state index in [0.29, 0.717) is 42.6 Å². The van der Waals surface area contributed by atoms with Gasteiger partial charge in [0.05, 0.1) is 15.3 Å². The van der Waals surface area contributed by atoms with E-state index in [4.69, 9.17) is 9.47 Å². The minimum absolute atomic E-state index is 0.0724. The van der Waals surface area contributed by atoms with Crippen molar-refractivity contribution in [3.8, 4) is 5.75 Å². The van der Waals surface area contributed by atoms with Gasteiger partial charge in [0.2, 0.25) is 9.84 Å². The van der Waals surface area contributed by atoms with E-state index in [-0.39, 0.29) is 22.0 Å². The van der Waals surface area contributed by atoms with Crippen LogP contribution in [0.5, 0.6) is 5.75 Å². The molecule has 1 amide bonds. The van der Waals surface area contributed by atoms with E-state index in [2.05, 4.69) is 4.98 Å². The second-order valence-corrected chi connectivity index (χ2v) is 10.9. The summed E-state index contributed by atoms with van der Waals surface area (Å²) in [6.07, 6.45) is 2.48. The van der Waals surface area contributed by atoms with Gasteiger partial charge in [0, 0.05) is 37.5 Å². The molecule has 1 aliphatic rings. The standard InChI is InChI=1S/C24H28N2O5S/c1-24(2,3)31-23(27)26-14-12-17(13-15-26)30-20-11-7-10-19-21(16-25-22(19)20)32(28,29)18-8-5-4-6-9-18/h4-11,16-17,25H,12-15H2,1-3H3. The number of H-pyrrole nitrogens is 1. The third kappa shape index (κ3) is 4.60. The summed E-state index contributed by atoms with van der Waals surface area (Å²) in [6, 6.07) is 13.8. The van der Waals surface area contributed by atoms with Crippen LogP contribution < -0.4 is 4.74 Å². The quantitative estimate of drug-likeness (QED) is 0.610. The summed E-state index contributed by atoms with van der Waals surface area (Å²) >= 11 is 0. The summed E-state index contributed by atoms with van der Waals surface area (Å²) < 4.78 is 37.9. The fourth-order valence-electron chi connectivity index (χ4n) is 3.81. The van der Waals surface area contributed by atoms with Crippen LogP contribution in [0.25, 0.3) is 10.9 Å². The largest absolute Gasteiger partial charge is 0.488 e. The summed E-state index contributed by atoms with van der Waals surface area (Å²) in [6.45, 7) is 6.65. The highest BCUT2D eigenvalue weighted by Crippen LogP contribution is 2.34. The normalized spacial score (nSPS) is 15.7. The van der Waals surface area contributed by atoms with E-state index < -0.39 is 15.4 Å². The molecule has 32 heavy (non-hydrogen) atoms. The first-order chi connectivity index (χ1) is 15.1. The summed E-state index contributed by atoms with van der Waals surface area (Å²) in [7, 11) is -3.65. The van der Waals surface area contributed by atoms with Gasteiger partial charge in [-0.2, -0.15) is 0 Å². The molecule has 170 valence electrons. The molecule has 1 fully saturated rings. The van der Waals surface area contributed by atoms with Crippen LogP contribution in [0.3, 0.4) is 0 Å². The van der Waals surface area contributed by atoms with Crippen LogP contribution in [0, 0.1) is 0 Å². The number of amides is 1. The van der Waals surface area contributed by atoms with Crippen molar-refractivity contribution in [1.29, 1.82) is 0 Å². The maximum Gasteiger partial charge on any atom is 0.410 e. The van der Waals surface area contributed by atoms with Gasteiger partial charge in [-0.25, -0.2) is 13.2 Å². The summed E-state index contributed by atoms with van der Waals surface area (Å²) in [5, 5.41) is 0.595. The Morgan fingerprint density at radius 1 is 1.03 bits per heavy atom. The van der Waals surface area contributed by atoms with Crippen molar-refractivity contribution in [2.45, 2.75) is 55.1 Å². The Balaban J connectivity index is 1.50. The van der Waals surface area contributed by atoms with Crippen molar-refractivity contribution >= 4 is 26.8 Å². The maximum atomic E-state index is 13.1. The van der Waals surface area contributed by atoms with Crippen molar-refractivity contribution in [1.82, 2.24) is 9.88 Å². The van der Waals surface area contributed by atoms with E-state index in [1.807, 2.05) is 26.8 Å². The first kappa shape index (κ1) is 22.2. The topological polar surface area (TPSA) is 88.7 Å². The number of hydrogen-bond acceptors (Lipinski definition) is 5. The summed E-state index contributed by atoms with van der Waals surface area (Å²) in [5.41, 5.74) is 0.127. The van der Waals surface area contributed by atoms with Gasteiger partial charge in [-0.3, -0.25) is 0 Å². The van der Waals surface area contributed by atoms with Crippen molar-refractivity contribution in [3.05, 3.63) is 54.7 Å². The minimum Gasteiger partial charge on any atom is -0.488 e. The second-order valence-electron chi connectivity index (χ2n) is 8.93. The molecular weight excluding hydrogens is 428 g/mol. The number of carbonyl (C=O) groups excluding carboxylic acids is 1. The van der Waals surface area contributed by atoms with Crippen molar-refractivity contribution in [2.75, 3.05) is 13.1 Å². The Hall–Kier alpha value is -3.00. The minimum atomic E-state index is -3.65. The van der Waals surface area contributed by atoms with Gasteiger partial charge in [0.1, 0.15) is 17.5 Å². The molecule has 3 aromatic rings. The highest BCUT2D eigenvalue weighted by molar-refractivity contribution is 7.91. The highest BCUT2D eigenvalue weighted by atomic mass is 32.2. The molecule has 2 aromatic carbocycles. The molecule has 1 N–H and O–H groups in total. The molecule has 0 bridgehead atoms. The second kappa shape index (κ2) is 8.50. The van der Waals surface area contributed by atoms with Crippen LogP contribution >= 0.6 is 0 Å². The maximum absolute atomic E-state index is 13.1. The van der Waals surface area contributed by atoms with Crippen molar-refractivity contribution in [3.63, 3.8) is 0 Å². The van der Waals surface area contributed by atoms with E-state index in [0.717, 1.165) is 0 Å². The first-order valence-electron chi connectivity index (χ1n) is 10.7. The lowest BCUT2D eigenvalue weighted by Crippen LogP contribution is -2.44. The Morgan fingerprint density at radius 2 is 1.72 bits per heavy atom. The van der Waals surface area contributed by atoms with E-state index >= 15 is 0 Å². The van der Waals surface area contributed by atoms with Crippen LogP contribution in [0.4, 0.5) is 4.79 Å². The highest BCUT2D eigenvalue weighted by Gasteiger charge is 2.28. The molecule has 1 saturated heterocycles. The zero-order valence-electron chi connectivity index (χ0n) is 18.5. The molecule has 4 rings (SSSR count). The van der Waals surface area contributed by atoms with Crippen LogP contribution in [0.2, 0.25) is 0 Å². The fraction of sp³-hybridized carbons (Fsp3) is 0.375. The monoisotopic (exact) mass is 456 g/mol. The zero-order chi connectivity index (χ0) is 22.9. The van der Waals surface area contributed by atoms with E-state index in [1.165, 1.54) is 6.20 Å². The lowest BCUT2D eigenvalue weighted by molar-refractivity contribution is 0.0127. The molecule has 1 aliphatic heterocycles. The van der Waals surface area contributed by atoms with Gasteiger partial charge in [-0.05, 0) is 39.0 Å². The fourth-order valence-corrected chi connectivity index (χ4v) is 5.25. The average molecular weight is 457 g/mol. The van der Waals surface area contributed by atoms with Gasteiger partial charge in [-0.1, -0.05) is 30.3 Å². The Morgan fingerprint density at radius 3 is 2.38 bits per heavy atom. The number of fused-ring (bicyclic) bond motifs is 1. The predicted octanol–water partition coefficient (Wildman–Crippen LogP) is 4.78. The number of nitrogens with one attached hydrogen (secondary N) is 1. The van der Waals surface area contributed by atoms with Crippen LogP contribution in [-0.4, -0.2) is 49.2 Å². The van der Waals surface area contributed by atoms with Crippen molar-refractivity contribution in [2.24, 2.45) is 0 Å². The molecule has 8 heteroatoms. The number of carbonyl (C=O) groups is 1. The molecule has 2 heterocycles. The summed E-state index contributed by atoms with van der Waals surface area (Å²) in [4.78, 5) is 17.5. The van der Waals surface area contributed by atoms with Gasteiger partial charge >= 0.3 is 6.09 Å². The molecule has 0 atom stereocenters. The number of piperidine rings is 1. The van der Waals surface area contributed by atoms with Gasteiger partial charge in [0.25, 0.3) is 0 Å². The molecule has 0 saturated carbocycles. The van der Waals surface area contributed by atoms with Crippen LogP contribution in [0.15, 0.2) is 64.5 Å². The first-order valence-corrected chi connectivity index (χ1v) is 12.2. The zero-order valence-corrected chi connectivity index (χ0v) is 19.3. The average Bonchev–Trinajstić information content (AvgIpc) is 3.20. The third-order valence-electron chi connectivity index (χ3n) is 5.37. The number of ether oxygens (including phenoxy) is 2. The van der Waals surface area contributed by atoms with Crippen molar-refractivity contribution < 1.29 is 22.7 Å². The number of aromatic nitrogens is 1. The molecule has 0 unspecified atom stereocenters. The molecule has 0 aliphatic carbocycles. The van der Waals surface area contributed by atoms with E-state index in [9.17, 15) is 13.2 Å². The Labute approximate surface area is 188 Å². The number of sulfone groups is 1. The third-order valence-corrected chi connectivity index (χ3v) is 7.18. The lowest BCUT2D eigenvalue weighted by Gasteiger charge is -2.33. The van der Waals surface area contributed by atoms with Gasteiger partial charge in [0.15, 0.2) is 0 Å². The van der Waals surface area contributed by atoms with Gasteiger partial charge < -0.3 is 19.4 Å². The SMILES string of the molecule is CC(C)(C)OC(=O)N1CCC(Oc2cccc3c(S(=O)(=O)c4ccccc4)c[nH]c23)CC1. The van der Waals surface area contributed by atoms with Gasteiger partial charge in [-0.15, -0.1) is 0 Å². The Bertz CT molecular complexity index is 1200. The predicted molar refractivity (Wildman–Crippen MR) is 122 cm³/mol. The van der Waals surface area contributed by atoms with E-state index in [1.54, 1.807) is 47.4 Å². The smallest absolute Gasteiger partial charge is 0.410 e.